The van der Waals surface area contributed by atoms with Gasteiger partial charge in [0.15, 0.2) is 7.05 Å². The van der Waals surface area contributed by atoms with E-state index in [0.29, 0.717) is 6.42 Å². The fourth-order valence-electron chi connectivity index (χ4n) is 1.91. The van der Waals surface area contributed by atoms with Crippen LogP contribution in [0, 0.1) is 0 Å². The first kappa shape index (κ1) is 18.1. The van der Waals surface area contributed by atoms with E-state index in [2.05, 4.69) is 15.1 Å². The van der Waals surface area contributed by atoms with Gasteiger partial charge in [0.1, 0.15) is 0 Å². The van der Waals surface area contributed by atoms with Gasteiger partial charge in [-0.05, 0) is 41.7 Å². The van der Waals surface area contributed by atoms with E-state index < -0.39 is 28.5 Å². The Morgan fingerprint density at radius 3 is 2.71 bits per heavy atom. The van der Waals surface area contributed by atoms with Crippen LogP contribution in [-0.2, 0) is 18.0 Å². The summed E-state index contributed by atoms with van der Waals surface area (Å²) in [6.07, 6.45) is -4.11. The summed E-state index contributed by atoms with van der Waals surface area (Å²) in [5, 5.41) is 4.31. The molecular formula is C14H15F3N3O3S+. The van der Waals surface area contributed by atoms with Gasteiger partial charge in [-0.15, -0.1) is 0 Å². The van der Waals surface area contributed by atoms with Gasteiger partial charge >= 0.3 is 16.8 Å². The van der Waals surface area contributed by atoms with Gasteiger partial charge in [0.2, 0.25) is 5.91 Å². The molecule has 0 spiro atoms. The molecule has 130 valence electrons. The molecule has 1 aromatic carbocycles. The zero-order valence-electron chi connectivity index (χ0n) is 12.8. The number of thioether (sulfide) groups is 1. The van der Waals surface area contributed by atoms with Crippen molar-refractivity contribution >= 4 is 23.4 Å². The summed E-state index contributed by atoms with van der Waals surface area (Å²) in [5.74, 6) is -0.498. The van der Waals surface area contributed by atoms with Gasteiger partial charge in [0.05, 0.1) is 10.8 Å². The van der Waals surface area contributed by atoms with E-state index in [1.165, 1.54) is 16.8 Å². The van der Waals surface area contributed by atoms with Crippen LogP contribution in [0.3, 0.4) is 0 Å². The molecule has 6 nitrogen and oxygen atoms in total. The number of carbonyl (C=O) groups excluding carboxylic acids is 1. The summed E-state index contributed by atoms with van der Waals surface area (Å²) >= 11 is 0.977. The maximum atomic E-state index is 12.7. The molecule has 0 saturated heterocycles. The number of H-pyrrole nitrogens is 1. The number of amides is 1. The second-order valence-electron chi connectivity index (χ2n) is 4.93. The third-order valence-corrected chi connectivity index (χ3v) is 4.62. The third kappa shape index (κ3) is 4.19. The number of alkyl halides is 3. The Morgan fingerprint density at radius 2 is 2.17 bits per heavy atom. The number of nitrogens with zero attached hydrogens (tertiary/aromatic N) is 1. The number of anilines is 1. The van der Waals surface area contributed by atoms with E-state index in [4.69, 9.17) is 0 Å². The van der Waals surface area contributed by atoms with Gasteiger partial charge < -0.3 is 5.32 Å². The molecule has 24 heavy (non-hydrogen) atoms. The number of halogens is 3. The monoisotopic (exact) mass is 362 g/mol. The first-order valence-corrected chi connectivity index (χ1v) is 7.82. The van der Waals surface area contributed by atoms with E-state index in [1.807, 2.05) is 0 Å². The van der Waals surface area contributed by atoms with E-state index in [-0.39, 0.29) is 10.7 Å². The molecule has 2 aromatic rings. The summed E-state index contributed by atoms with van der Waals surface area (Å²) in [6.45, 7) is 1.73. The second-order valence-corrected chi connectivity index (χ2v) is 6.12. The third-order valence-electron chi connectivity index (χ3n) is 3.13. The molecule has 0 fully saturated rings. The smallest absolute Gasteiger partial charge is 0.325 e. The van der Waals surface area contributed by atoms with Gasteiger partial charge in [-0.25, -0.2) is 4.79 Å². The highest BCUT2D eigenvalue weighted by molar-refractivity contribution is 8.00. The number of carbonyl (C=O) groups is 1. The molecule has 0 aliphatic heterocycles. The molecule has 0 aliphatic rings. The Morgan fingerprint density at radius 1 is 1.46 bits per heavy atom. The van der Waals surface area contributed by atoms with Gasteiger partial charge in [-0.3, -0.25) is 9.32 Å². The number of benzene rings is 1. The average molecular weight is 362 g/mol. The van der Waals surface area contributed by atoms with Crippen LogP contribution in [0.2, 0.25) is 0 Å². The van der Waals surface area contributed by atoms with Crippen LogP contribution < -0.4 is 15.6 Å². The SMILES string of the molecule is CCC(Sc1c(=O)o[nH][n+]1C)C(=O)Nc1cccc(C(F)(F)F)c1. The van der Waals surface area contributed by atoms with Crippen molar-refractivity contribution in [2.45, 2.75) is 29.8 Å². The van der Waals surface area contributed by atoms with Gasteiger partial charge in [-0.2, -0.15) is 13.2 Å². The lowest BCUT2D eigenvalue weighted by Gasteiger charge is -2.13. The minimum Gasteiger partial charge on any atom is -0.325 e. The lowest BCUT2D eigenvalue weighted by molar-refractivity contribution is -0.772. The van der Waals surface area contributed by atoms with E-state index in [0.717, 1.165) is 23.9 Å². The van der Waals surface area contributed by atoms with Crippen LogP contribution in [0.5, 0.6) is 0 Å². The summed E-state index contributed by atoms with van der Waals surface area (Å²) in [4.78, 5) is 23.8. The number of aryl methyl sites for hydroxylation is 1. The largest absolute Gasteiger partial charge is 0.441 e. The van der Waals surface area contributed by atoms with Crippen molar-refractivity contribution in [3.05, 3.63) is 40.2 Å². The average Bonchev–Trinajstić information content (AvgIpc) is 2.83. The molecule has 0 bridgehead atoms. The molecule has 2 rings (SSSR count). The minimum absolute atomic E-state index is 0.0411. The normalized spacial score (nSPS) is 12.9. The number of aromatic nitrogens is 2. The zero-order valence-corrected chi connectivity index (χ0v) is 13.6. The fraction of sp³-hybridized carbons (Fsp3) is 0.357. The van der Waals surface area contributed by atoms with Crippen molar-refractivity contribution in [3.63, 3.8) is 0 Å². The summed E-state index contributed by atoms with van der Waals surface area (Å²) < 4.78 is 44.0. The van der Waals surface area contributed by atoms with Gasteiger partial charge in [0.25, 0.3) is 0 Å². The maximum absolute atomic E-state index is 12.7. The Bertz CT molecular complexity index is 785. The molecule has 1 aromatic heterocycles. The molecule has 0 aliphatic carbocycles. The number of nitrogens with one attached hydrogen (secondary N) is 2. The van der Waals surface area contributed by atoms with Crippen molar-refractivity contribution in [1.29, 1.82) is 0 Å². The molecular weight excluding hydrogens is 347 g/mol. The highest BCUT2D eigenvalue weighted by Crippen LogP contribution is 2.31. The highest BCUT2D eigenvalue weighted by atomic mass is 32.2. The highest BCUT2D eigenvalue weighted by Gasteiger charge is 2.31. The lowest BCUT2D eigenvalue weighted by Crippen LogP contribution is -2.35. The van der Waals surface area contributed by atoms with Gasteiger partial charge in [0, 0.05) is 5.69 Å². The molecule has 1 amide bonds. The number of aromatic amines is 1. The van der Waals surface area contributed by atoms with Crippen LogP contribution in [0.4, 0.5) is 18.9 Å². The van der Waals surface area contributed by atoms with Crippen molar-refractivity contribution < 1.29 is 27.2 Å². The van der Waals surface area contributed by atoms with E-state index >= 15 is 0 Å². The second kappa shape index (κ2) is 7.12. The van der Waals surface area contributed by atoms with Crippen LogP contribution in [0.1, 0.15) is 18.9 Å². The maximum Gasteiger partial charge on any atom is 0.441 e. The Kier molecular flexibility index (Phi) is 5.37. The molecule has 1 atom stereocenters. The van der Waals surface area contributed by atoms with Crippen molar-refractivity contribution in [2.24, 2.45) is 7.05 Å². The lowest BCUT2D eigenvalue weighted by atomic mass is 10.2. The first-order chi connectivity index (χ1) is 11.2. The molecule has 10 heteroatoms. The van der Waals surface area contributed by atoms with Crippen LogP contribution in [0.25, 0.3) is 0 Å². The van der Waals surface area contributed by atoms with E-state index in [1.54, 1.807) is 14.0 Å². The molecule has 0 saturated carbocycles. The van der Waals surface area contributed by atoms with Crippen LogP contribution in [0.15, 0.2) is 38.6 Å². The molecule has 1 unspecified atom stereocenters. The van der Waals surface area contributed by atoms with Crippen LogP contribution in [-0.4, -0.2) is 16.4 Å². The minimum atomic E-state index is -4.49. The predicted octanol–water partition coefficient (Wildman–Crippen LogP) is 2.32. The Hall–Kier alpha value is -2.23. The standard InChI is InChI=1S/C14H14F3N3O3S/c1-3-10(24-12-13(22)23-19-20(12)2)11(21)18-9-6-4-5-8(7-9)14(15,16)17/h4-7,10H,3H2,1-2H3,(H-,18,19,21,22)/p+1. The summed E-state index contributed by atoms with van der Waals surface area (Å²) in [5.41, 5.74) is -1.43. The quantitative estimate of drug-likeness (QED) is 0.632. The van der Waals surface area contributed by atoms with Crippen molar-refractivity contribution in [1.82, 2.24) is 5.27 Å². The Balaban J connectivity index is 2.14. The number of rotatable bonds is 5. The van der Waals surface area contributed by atoms with Crippen LogP contribution >= 0.6 is 11.8 Å². The molecule has 2 N–H and O–H groups in total. The first-order valence-electron chi connectivity index (χ1n) is 6.94. The van der Waals surface area contributed by atoms with E-state index in [9.17, 15) is 22.8 Å². The summed E-state index contributed by atoms with van der Waals surface area (Å²) in [7, 11) is 1.55. The van der Waals surface area contributed by atoms with Crippen molar-refractivity contribution in [3.8, 4) is 0 Å². The zero-order chi connectivity index (χ0) is 17.9. The predicted molar refractivity (Wildman–Crippen MR) is 80.5 cm³/mol. The molecule has 1 heterocycles. The Labute approximate surface area is 139 Å². The van der Waals surface area contributed by atoms with Gasteiger partial charge in [-0.1, -0.05) is 17.7 Å². The van der Waals surface area contributed by atoms with Crippen molar-refractivity contribution in [2.75, 3.05) is 5.32 Å². The number of hydrogen-bond donors (Lipinski definition) is 2. The topological polar surface area (TPSA) is 79.0 Å². The summed E-state index contributed by atoms with van der Waals surface area (Å²) in [6, 6.07) is 4.37. The molecule has 0 radical (unpaired) electrons. The fourth-order valence-corrected chi connectivity index (χ4v) is 2.85. The number of hydrogen-bond acceptors (Lipinski definition) is 4.